The van der Waals surface area contributed by atoms with E-state index in [-0.39, 0.29) is 12.0 Å². The Labute approximate surface area is 152 Å². The van der Waals surface area contributed by atoms with Gasteiger partial charge in [0.1, 0.15) is 0 Å². The first kappa shape index (κ1) is 17.0. The second-order valence-electron chi connectivity index (χ2n) is 6.95. The third-order valence-corrected chi connectivity index (χ3v) is 5.17. The van der Waals surface area contributed by atoms with Crippen LogP contribution in [0.3, 0.4) is 0 Å². The second-order valence-corrected chi connectivity index (χ2v) is 6.95. The van der Waals surface area contributed by atoms with Gasteiger partial charge in [0, 0.05) is 36.3 Å². The van der Waals surface area contributed by atoms with Gasteiger partial charge in [0.05, 0.1) is 11.6 Å². The Morgan fingerprint density at radius 3 is 3.00 bits per heavy atom. The van der Waals surface area contributed by atoms with Gasteiger partial charge in [-0.2, -0.15) is 5.10 Å². The van der Waals surface area contributed by atoms with Crippen molar-refractivity contribution in [2.45, 2.75) is 45.6 Å². The molecule has 0 bridgehead atoms. The molecule has 1 atom stereocenters. The van der Waals surface area contributed by atoms with Crippen molar-refractivity contribution in [2.24, 2.45) is 0 Å². The van der Waals surface area contributed by atoms with E-state index in [1.165, 1.54) is 0 Å². The molecule has 6 heteroatoms. The first-order valence-electron chi connectivity index (χ1n) is 9.25. The molecule has 26 heavy (non-hydrogen) atoms. The molecule has 1 amide bonds. The van der Waals surface area contributed by atoms with Crippen LogP contribution in [-0.4, -0.2) is 39.8 Å². The van der Waals surface area contributed by atoms with Gasteiger partial charge in [0.25, 0.3) is 0 Å². The van der Waals surface area contributed by atoms with E-state index < -0.39 is 0 Å². The molecule has 0 radical (unpaired) electrons. The Bertz CT molecular complexity index is 957. The minimum absolute atomic E-state index is 0.0602. The molecule has 3 heterocycles. The summed E-state index contributed by atoms with van der Waals surface area (Å²) in [6.45, 7) is 5.48. The maximum absolute atomic E-state index is 12.2. The largest absolute Gasteiger partial charge is 0.376 e. The molecule has 1 aliphatic heterocycles. The van der Waals surface area contributed by atoms with Crippen molar-refractivity contribution in [2.75, 3.05) is 13.2 Å². The van der Waals surface area contributed by atoms with E-state index in [1.807, 2.05) is 42.6 Å². The zero-order valence-corrected chi connectivity index (χ0v) is 15.3. The molecule has 1 aromatic carbocycles. The van der Waals surface area contributed by atoms with Crippen molar-refractivity contribution >= 4 is 22.5 Å². The first-order valence-corrected chi connectivity index (χ1v) is 9.25. The third-order valence-electron chi connectivity index (χ3n) is 5.17. The number of nitrogens with one attached hydrogen (secondary N) is 1. The van der Waals surface area contributed by atoms with Gasteiger partial charge >= 0.3 is 0 Å². The molecular formula is C20H24N4O2. The zero-order valence-electron chi connectivity index (χ0n) is 15.3. The van der Waals surface area contributed by atoms with Crippen molar-refractivity contribution in [3.8, 4) is 0 Å². The van der Waals surface area contributed by atoms with E-state index in [0.717, 1.165) is 52.9 Å². The number of benzene rings is 1. The highest BCUT2D eigenvalue weighted by Crippen LogP contribution is 2.22. The molecule has 0 saturated carbocycles. The van der Waals surface area contributed by atoms with Crippen LogP contribution in [0.25, 0.3) is 16.6 Å². The zero-order chi connectivity index (χ0) is 18.1. The highest BCUT2D eigenvalue weighted by molar-refractivity contribution is 5.92. The van der Waals surface area contributed by atoms with Crippen LogP contribution in [-0.2, 0) is 16.0 Å². The average molecular weight is 352 g/mol. The van der Waals surface area contributed by atoms with E-state index in [1.54, 1.807) is 0 Å². The number of hydrogen-bond acceptors (Lipinski definition) is 4. The number of rotatable bonds is 5. The van der Waals surface area contributed by atoms with Gasteiger partial charge in [-0.05, 0) is 50.8 Å². The number of nitrogens with zero attached hydrogens (tertiary/aromatic N) is 3. The highest BCUT2D eigenvalue weighted by atomic mass is 16.5. The molecule has 0 unspecified atom stereocenters. The van der Waals surface area contributed by atoms with E-state index in [9.17, 15) is 4.79 Å². The Balaban J connectivity index is 1.50. The van der Waals surface area contributed by atoms with Crippen LogP contribution in [0.1, 0.15) is 36.2 Å². The summed E-state index contributed by atoms with van der Waals surface area (Å²) < 4.78 is 7.45. The molecule has 1 fully saturated rings. The lowest BCUT2D eigenvalue weighted by atomic mass is 10.1. The Kier molecular flexibility index (Phi) is 4.59. The van der Waals surface area contributed by atoms with Crippen LogP contribution < -0.4 is 5.32 Å². The third kappa shape index (κ3) is 3.17. The molecule has 1 N–H and O–H groups in total. The van der Waals surface area contributed by atoms with Crippen LogP contribution in [0.5, 0.6) is 0 Å². The number of carbonyl (C=O) groups excluding carboxylic acids is 1. The molecule has 6 nitrogen and oxygen atoms in total. The second kappa shape index (κ2) is 7.03. The Morgan fingerprint density at radius 1 is 1.35 bits per heavy atom. The lowest BCUT2D eigenvalue weighted by Crippen LogP contribution is -2.32. The summed E-state index contributed by atoms with van der Waals surface area (Å²) >= 11 is 0. The number of ether oxygens (including phenoxy) is 1. The minimum Gasteiger partial charge on any atom is -0.376 e. The highest BCUT2D eigenvalue weighted by Gasteiger charge is 2.17. The predicted molar refractivity (Wildman–Crippen MR) is 100 cm³/mol. The summed E-state index contributed by atoms with van der Waals surface area (Å²) in [5.74, 6) is 0.0602. The van der Waals surface area contributed by atoms with Crippen LogP contribution >= 0.6 is 0 Å². The Hall–Kier alpha value is -2.47. The molecule has 3 aromatic rings. The molecular weight excluding hydrogens is 328 g/mol. The fraction of sp³-hybridized carbons (Fsp3) is 0.450. The van der Waals surface area contributed by atoms with Crippen LogP contribution in [0.15, 0.2) is 24.3 Å². The normalized spacial score (nSPS) is 17.2. The lowest BCUT2D eigenvalue weighted by molar-refractivity contribution is -0.121. The Morgan fingerprint density at radius 2 is 2.19 bits per heavy atom. The van der Waals surface area contributed by atoms with Gasteiger partial charge in [0.15, 0.2) is 5.65 Å². The summed E-state index contributed by atoms with van der Waals surface area (Å²) in [6.07, 6.45) is 3.41. The van der Waals surface area contributed by atoms with Gasteiger partial charge in [-0.3, -0.25) is 4.79 Å². The quantitative estimate of drug-likeness (QED) is 0.767. The maximum atomic E-state index is 12.2. The summed E-state index contributed by atoms with van der Waals surface area (Å²) in [7, 11) is 0. The monoisotopic (exact) mass is 352 g/mol. The van der Waals surface area contributed by atoms with Crippen LogP contribution in [0.2, 0.25) is 0 Å². The number of hydrogen-bond donors (Lipinski definition) is 1. The topological polar surface area (TPSA) is 68.5 Å². The van der Waals surface area contributed by atoms with E-state index in [4.69, 9.17) is 9.72 Å². The molecule has 0 spiro atoms. The first-order chi connectivity index (χ1) is 12.6. The van der Waals surface area contributed by atoms with Gasteiger partial charge in [-0.25, -0.2) is 9.50 Å². The smallest absolute Gasteiger partial charge is 0.220 e. The van der Waals surface area contributed by atoms with Gasteiger partial charge in [-0.15, -0.1) is 0 Å². The number of fused-ring (bicyclic) bond motifs is 3. The SMILES string of the molecule is Cc1nc2c3ccccc3nn2c(C)c1CCC(=O)NC[C@@H]1CCCO1. The molecule has 0 aliphatic carbocycles. The van der Waals surface area contributed by atoms with Crippen molar-refractivity contribution in [3.05, 3.63) is 41.2 Å². The van der Waals surface area contributed by atoms with E-state index in [0.29, 0.717) is 19.4 Å². The van der Waals surface area contributed by atoms with Gasteiger partial charge in [-0.1, -0.05) is 12.1 Å². The number of aryl methyl sites for hydroxylation is 2. The van der Waals surface area contributed by atoms with Crippen molar-refractivity contribution < 1.29 is 9.53 Å². The number of amides is 1. The van der Waals surface area contributed by atoms with Crippen LogP contribution in [0.4, 0.5) is 0 Å². The summed E-state index contributed by atoms with van der Waals surface area (Å²) in [6, 6.07) is 8.03. The molecule has 136 valence electrons. The average Bonchev–Trinajstić information content (AvgIpc) is 3.28. The van der Waals surface area contributed by atoms with Crippen LogP contribution in [0, 0.1) is 13.8 Å². The molecule has 2 aromatic heterocycles. The molecule has 1 saturated heterocycles. The fourth-order valence-corrected chi connectivity index (χ4v) is 3.70. The molecule has 4 rings (SSSR count). The van der Waals surface area contributed by atoms with Gasteiger partial charge < -0.3 is 10.1 Å². The minimum atomic E-state index is 0.0602. The fourth-order valence-electron chi connectivity index (χ4n) is 3.70. The molecule has 1 aliphatic rings. The standard InChI is InChI=1S/C20H24N4O2/c1-13-16(9-10-19(25)21-12-15-6-5-11-26-15)14(2)24-20(22-13)17-7-3-4-8-18(17)23-24/h3-4,7-8,15H,5-6,9-12H2,1-2H3,(H,21,25)/t15-/m0/s1. The van der Waals surface area contributed by atoms with Crippen molar-refractivity contribution in [3.63, 3.8) is 0 Å². The summed E-state index contributed by atoms with van der Waals surface area (Å²) in [4.78, 5) is 17.0. The summed E-state index contributed by atoms with van der Waals surface area (Å²) in [5, 5.41) is 8.71. The van der Waals surface area contributed by atoms with Gasteiger partial charge in [0.2, 0.25) is 5.91 Å². The maximum Gasteiger partial charge on any atom is 0.220 e. The summed E-state index contributed by atoms with van der Waals surface area (Å²) in [5.41, 5.74) is 4.93. The predicted octanol–water partition coefficient (Wildman–Crippen LogP) is 2.73. The number of aromatic nitrogens is 3. The lowest BCUT2D eigenvalue weighted by Gasteiger charge is -2.13. The van der Waals surface area contributed by atoms with E-state index >= 15 is 0 Å². The number of carbonyl (C=O) groups is 1. The van der Waals surface area contributed by atoms with E-state index in [2.05, 4.69) is 10.4 Å². The van der Waals surface area contributed by atoms with Crippen molar-refractivity contribution in [1.29, 1.82) is 0 Å². The van der Waals surface area contributed by atoms with Crippen molar-refractivity contribution in [1.82, 2.24) is 19.9 Å².